The van der Waals surface area contributed by atoms with Crippen molar-refractivity contribution in [1.82, 2.24) is 19.6 Å². The Labute approximate surface area is 171 Å². The van der Waals surface area contributed by atoms with Crippen molar-refractivity contribution < 1.29 is 18.1 Å². The van der Waals surface area contributed by atoms with E-state index in [0.717, 1.165) is 35.2 Å². The molecule has 11 heteroatoms. The first-order chi connectivity index (χ1) is 14.2. The zero-order chi connectivity index (χ0) is 21.5. The molecule has 0 N–H and O–H groups in total. The van der Waals surface area contributed by atoms with Crippen LogP contribution in [0.25, 0.3) is 17.0 Å². The largest absolute Gasteiger partial charge is 0.416 e. The second kappa shape index (κ2) is 7.41. The van der Waals surface area contributed by atoms with Gasteiger partial charge in [-0.05, 0) is 36.9 Å². The highest BCUT2D eigenvalue weighted by Crippen LogP contribution is 2.38. The van der Waals surface area contributed by atoms with E-state index in [4.69, 9.17) is 0 Å². The van der Waals surface area contributed by atoms with Crippen molar-refractivity contribution in [3.05, 3.63) is 76.0 Å². The number of rotatable bonds is 4. The molecule has 0 spiro atoms. The molecule has 0 bridgehead atoms. The fraction of sp³-hybridized carbons (Fsp3) is 0.105. The monoisotopic (exact) mass is 431 g/mol. The molecular formula is C19H12F3N5O2S. The minimum atomic E-state index is -4.68. The molecule has 0 aliphatic carbocycles. The average Bonchev–Trinajstić information content (AvgIpc) is 3.09. The number of nitrogens with zero attached hydrogens (tertiary/aromatic N) is 5. The Morgan fingerprint density at radius 2 is 1.80 bits per heavy atom. The Morgan fingerprint density at radius 3 is 2.47 bits per heavy atom. The quantitative estimate of drug-likeness (QED) is 0.327. The summed E-state index contributed by atoms with van der Waals surface area (Å²) in [6, 6.07) is 13.6. The highest BCUT2D eigenvalue weighted by atomic mass is 32.2. The summed E-state index contributed by atoms with van der Waals surface area (Å²) in [4.78, 5) is 19.1. The van der Waals surface area contributed by atoms with Gasteiger partial charge in [0.1, 0.15) is 0 Å². The lowest BCUT2D eigenvalue weighted by molar-refractivity contribution is -0.388. The number of nitro groups is 1. The molecule has 4 rings (SSSR count). The molecule has 152 valence electrons. The molecule has 2 aromatic heterocycles. The number of aromatic nitrogens is 4. The van der Waals surface area contributed by atoms with E-state index < -0.39 is 22.4 Å². The molecule has 0 radical (unpaired) electrons. The number of benzene rings is 2. The lowest BCUT2D eigenvalue weighted by Crippen LogP contribution is -2.05. The van der Waals surface area contributed by atoms with Gasteiger partial charge in [0.15, 0.2) is 0 Å². The predicted octanol–water partition coefficient (Wildman–Crippen LogP) is 5.18. The van der Waals surface area contributed by atoms with Crippen molar-refractivity contribution in [2.45, 2.75) is 23.2 Å². The second-order valence-corrected chi connectivity index (χ2v) is 7.30. The number of alkyl halides is 3. The summed E-state index contributed by atoms with van der Waals surface area (Å²) in [6.07, 6.45) is -4.68. The first kappa shape index (κ1) is 19.8. The molecule has 0 aliphatic rings. The van der Waals surface area contributed by atoms with Crippen LogP contribution < -0.4 is 0 Å². The number of halogens is 3. The van der Waals surface area contributed by atoms with Gasteiger partial charge in [-0.15, -0.1) is 5.10 Å². The van der Waals surface area contributed by atoms with Gasteiger partial charge in [0, 0.05) is 17.3 Å². The summed E-state index contributed by atoms with van der Waals surface area (Å²) in [7, 11) is 0. The highest BCUT2D eigenvalue weighted by molar-refractivity contribution is 7.99. The van der Waals surface area contributed by atoms with E-state index in [9.17, 15) is 23.3 Å². The van der Waals surface area contributed by atoms with Gasteiger partial charge in [0.2, 0.25) is 5.16 Å². The van der Waals surface area contributed by atoms with E-state index in [-0.39, 0.29) is 15.8 Å². The minimum absolute atomic E-state index is 0.00175. The highest BCUT2D eigenvalue weighted by Gasteiger charge is 2.33. The molecule has 0 fully saturated rings. The summed E-state index contributed by atoms with van der Waals surface area (Å²) in [5, 5.41) is 15.8. The summed E-state index contributed by atoms with van der Waals surface area (Å²) < 4.78 is 40.2. The zero-order valence-electron chi connectivity index (χ0n) is 15.3. The standard InChI is InChI=1S/C19H12F3N5O2S/c1-11-9-14(12-5-3-2-4-6-12)26-17(23-11)24-18(25-26)30-16-8-7-13(19(20,21)22)10-15(16)27(28)29/h2-10H,1H3. The van der Waals surface area contributed by atoms with Crippen molar-refractivity contribution in [3.63, 3.8) is 0 Å². The molecule has 0 atom stereocenters. The third-order valence-corrected chi connectivity index (χ3v) is 5.10. The molecule has 0 amide bonds. The summed E-state index contributed by atoms with van der Waals surface area (Å²) >= 11 is 0.805. The topological polar surface area (TPSA) is 86.2 Å². The lowest BCUT2D eigenvalue weighted by Gasteiger charge is -2.07. The van der Waals surface area contributed by atoms with E-state index in [1.165, 1.54) is 4.52 Å². The van der Waals surface area contributed by atoms with E-state index in [1.54, 1.807) is 6.92 Å². The number of nitro benzene ring substituents is 1. The SMILES string of the molecule is Cc1cc(-c2ccccc2)n2nc(Sc3ccc(C(F)(F)F)cc3[N+](=O)[O-])nc2n1. The number of fused-ring (bicyclic) bond motifs is 1. The number of hydrogen-bond donors (Lipinski definition) is 0. The van der Waals surface area contributed by atoms with E-state index in [2.05, 4.69) is 15.1 Å². The first-order valence-corrected chi connectivity index (χ1v) is 9.37. The van der Waals surface area contributed by atoms with Gasteiger partial charge in [-0.2, -0.15) is 22.7 Å². The number of hydrogen-bond acceptors (Lipinski definition) is 6. The van der Waals surface area contributed by atoms with Gasteiger partial charge < -0.3 is 0 Å². The van der Waals surface area contributed by atoms with Crippen LogP contribution in [0.5, 0.6) is 0 Å². The Balaban J connectivity index is 1.78. The van der Waals surface area contributed by atoms with Crippen LogP contribution in [-0.2, 0) is 6.18 Å². The van der Waals surface area contributed by atoms with Crippen molar-refractivity contribution in [2.75, 3.05) is 0 Å². The fourth-order valence-corrected chi connectivity index (χ4v) is 3.67. The maximum Gasteiger partial charge on any atom is 0.416 e. The van der Waals surface area contributed by atoms with Crippen molar-refractivity contribution in [2.24, 2.45) is 0 Å². The van der Waals surface area contributed by atoms with E-state index in [0.29, 0.717) is 11.8 Å². The maximum absolute atomic E-state index is 12.9. The molecule has 4 aromatic rings. The second-order valence-electron chi connectivity index (χ2n) is 6.29. The fourth-order valence-electron chi connectivity index (χ4n) is 2.85. The molecule has 2 heterocycles. The first-order valence-electron chi connectivity index (χ1n) is 8.56. The van der Waals surface area contributed by atoms with Gasteiger partial charge >= 0.3 is 6.18 Å². The van der Waals surface area contributed by atoms with Crippen LogP contribution in [0.3, 0.4) is 0 Å². The third kappa shape index (κ3) is 3.83. The molecular weight excluding hydrogens is 419 g/mol. The molecule has 0 unspecified atom stereocenters. The lowest BCUT2D eigenvalue weighted by atomic mass is 10.1. The molecule has 0 saturated carbocycles. The summed E-state index contributed by atoms with van der Waals surface area (Å²) in [5.74, 6) is 0.283. The van der Waals surface area contributed by atoms with Crippen molar-refractivity contribution in [3.8, 4) is 11.3 Å². The van der Waals surface area contributed by atoms with Crippen molar-refractivity contribution >= 4 is 23.2 Å². The molecule has 7 nitrogen and oxygen atoms in total. The van der Waals surface area contributed by atoms with Crippen molar-refractivity contribution in [1.29, 1.82) is 0 Å². The van der Waals surface area contributed by atoms with Crippen LogP contribution >= 0.6 is 11.8 Å². The van der Waals surface area contributed by atoms with E-state index in [1.807, 2.05) is 36.4 Å². The molecule has 0 aliphatic heterocycles. The number of aryl methyl sites for hydroxylation is 1. The normalized spacial score (nSPS) is 11.7. The van der Waals surface area contributed by atoms with Crippen LogP contribution in [0, 0.1) is 17.0 Å². The Morgan fingerprint density at radius 1 is 1.07 bits per heavy atom. The van der Waals surface area contributed by atoms with Gasteiger partial charge in [-0.1, -0.05) is 30.3 Å². The predicted molar refractivity (Wildman–Crippen MR) is 103 cm³/mol. The Bertz CT molecular complexity index is 1260. The molecule has 0 saturated heterocycles. The van der Waals surface area contributed by atoms with Crippen LogP contribution in [0.2, 0.25) is 0 Å². The van der Waals surface area contributed by atoms with Crippen LogP contribution in [0.4, 0.5) is 18.9 Å². The zero-order valence-corrected chi connectivity index (χ0v) is 16.1. The van der Waals surface area contributed by atoms with Gasteiger partial charge in [-0.3, -0.25) is 10.1 Å². The van der Waals surface area contributed by atoms with Crippen LogP contribution in [0.15, 0.2) is 64.6 Å². The maximum atomic E-state index is 12.9. The Kier molecular flexibility index (Phi) is 4.90. The van der Waals surface area contributed by atoms with E-state index >= 15 is 0 Å². The van der Waals surface area contributed by atoms with Gasteiger partial charge in [-0.25, -0.2) is 4.98 Å². The van der Waals surface area contributed by atoms with Crippen LogP contribution in [-0.4, -0.2) is 24.5 Å². The van der Waals surface area contributed by atoms with Crippen LogP contribution in [0.1, 0.15) is 11.3 Å². The smallest absolute Gasteiger partial charge is 0.258 e. The molecule has 2 aromatic carbocycles. The molecule has 30 heavy (non-hydrogen) atoms. The minimum Gasteiger partial charge on any atom is -0.258 e. The summed E-state index contributed by atoms with van der Waals surface area (Å²) in [5.41, 5.74) is 0.534. The van der Waals surface area contributed by atoms with Gasteiger partial charge in [0.05, 0.1) is 21.1 Å². The summed E-state index contributed by atoms with van der Waals surface area (Å²) in [6.45, 7) is 1.80. The average molecular weight is 431 g/mol. The Hall–Kier alpha value is -3.47. The third-order valence-electron chi connectivity index (χ3n) is 4.17. The van der Waals surface area contributed by atoms with Gasteiger partial charge in [0.25, 0.3) is 11.5 Å².